The van der Waals surface area contributed by atoms with Gasteiger partial charge in [0.05, 0.1) is 6.04 Å². The number of carbonyl (C=O) groups is 2. The fourth-order valence-electron chi connectivity index (χ4n) is 2.16. The Kier molecular flexibility index (Phi) is 5.00. The monoisotopic (exact) mass is 296 g/mol. The molecule has 1 aliphatic rings. The van der Waals surface area contributed by atoms with Gasteiger partial charge in [-0.05, 0) is 18.1 Å². The fourth-order valence-corrected chi connectivity index (χ4v) is 3.30. The molecule has 0 aromatic heterocycles. The first-order valence-electron chi connectivity index (χ1n) is 6.53. The van der Waals surface area contributed by atoms with Crippen LogP contribution in [0.15, 0.2) is 23.1 Å². The zero-order chi connectivity index (χ0) is 14.5. The molecule has 0 bridgehead atoms. The van der Waals surface area contributed by atoms with Crippen LogP contribution in [0.25, 0.3) is 0 Å². The molecule has 20 heavy (non-hydrogen) atoms. The Morgan fingerprint density at radius 3 is 3.00 bits per heavy atom. The van der Waals surface area contributed by atoms with E-state index < -0.39 is 0 Å². The van der Waals surface area contributed by atoms with Crippen molar-refractivity contribution < 1.29 is 14.0 Å². The summed E-state index contributed by atoms with van der Waals surface area (Å²) in [5, 5.41) is 5.48. The van der Waals surface area contributed by atoms with E-state index in [4.69, 9.17) is 0 Å². The molecule has 0 saturated carbocycles. The van der Waals surface area contributed by atoms with Crippen LogP contribution in [-0.4, -0.2) is 24.1 Å². The van der Waals surface area contributed by atoms with Gasteiger partial charge in [-0.15, -0.1) is 11.8 Å². The van der Waals surface area contributed by atoms with Crippen LogP contribution in [0.1, 0.15) is 31.4 Å². The van der Waals surface area contributed by atoms with Crippen molar-refractivity contribution in [1.82, 2.24) is 10.6 Å². The smallest absolute Gasteiger partial charge is 0.222 e. The molecule has 108 valence electrons. The summed E-state index contributed by atoms with van der Waals surface area (Å²) in [6, 6.07) is 4.80. The lowest BCUT2D eigenvalue weighted by atomic mass is 10.0. The van der Waals surface area contributed by atoms with Crippen LogP contribution in [0.5, 0.6) is 0 Å². The molecule has 1 aromatic carbocycles. The van der Waals surface area contributed by atoms with Crippen molar-refractivity contribution in [2.24, 2.45) is 0 Å². The Balaban J connectivity index is 1.96. The largest absolute Gasteiger partial charge is 0.356 e. The van der Waals surface area contributed by atoms with Gasteiger partial charge >= 0.3 is 0 Å². The van der Waals surface area contributed by atoms with E-state index in [1.165, 1.54) is 24.8 Å². The number of thioether (sulfide) groups is 1. The lowest BCUT2D eigenvalue weighted by Crippen LogP contribution is -2.33. The van der Waals surface area contributed by atoms with E-state index in [1.807, 2.05) is 6.07 Å². The molecule has 0 aliphatic carbocycles. The molecule has 0 saturated heterocycles. The molecule has 2 N–H and O–H groups in total. The maximum Gasteiger partial charge on any atom is 0.222 e. The van der Waals surface area contributed by atoms with Crippen molar-refractivity contribution in [3.63, 3.8) is 0 Å². The average Bonchev–Trinajstić information content (AvgIpc) is 2.39. The number of carbonyl (C=O) groups excluding carboxylic acids is 2. The Labute approximate surface area is 121 Å². The average molecular weight is 296 g/mol. The van der Waals surface area contributed by atoms with Crippen molar-refractivity contribution in [3.8, 4) is 0 Å². The summed E-state index contributed by atoms with van der Waals surface area (Å²) < 4.78 is 13.7. The number of fused-ring (bicyclic) bond motifs is 1. The summed E-state index contributed by atoms with van der Waals surface area (Å²) in [7, 11) is 0. The van der Waals surface area contributed by atoms with Gasteiger partial charge in [0.15, 0.2) is 0 Å². The van der Waals surface area contributed by atoms with Gasteiger partial charge in [0.1, 0.15) is 5.82 Å². The number of benzene rings is 1. The van der Waals surface area contributed by atoms with Crippen LogP contribution in [0.4, 0.5) is 4.39 Å². The standard InChI is InChI=1S/C14H17FN2O2S/c1-9(18)16-7-5-13(19)17-12-6-8-20-14-10(12)3-2-4-11(14)15/h2-4,12H,5-8H2,1H3,(H,16,18)(H,17,19)/t12-/m1/s1. The van der Waals surface area contributed by atoms with Crippen molar-refractivity contribution >= 4 is 23.6 Å². The summed E-state index contributed by atoms with van der Waals surface area (Å²) in [5.41, 5.74) is 0.842. The van der Waals surface area contributed by atoms with Crippen molar-refractivity contribution in [3.05, 3.63) is 29.6 Å². The molecule has 4 nitrogen and oxygen atoms in total. The maximum atomic E-state index is 13.7. The molecule has 1 atom stereocenters. The SMILES string of the molecule is CC(=O)NCCC(=O)N[C@@H]1CCSc2c(F)cccc21. The molecule has 0 unspecified atom stereocenters. The minimum atomic E-state index is -0.232. The van der Waals surface area contributed by atoms with Crippen LogP contribution in [-0.2, 0) is 9.59 Å². The highest BCUT2D eigenvalue weighted by Gasteiger charge is 2.24. The second-order valence-electron chi connectivity index (χ2n) is 4.65. The van der Waals surface area contributed by atoms with Gasteiger partial charge in [-0.1, -0.05) is 12.1 Å². The second kappa shape index (κ2) is 6.74. The molecule has 2 amide bonds. The minimum absolute atomic E-state index is 0.133. The Morgan fingerprint density at radius 2 is 2.25 bits per heavy atom. The zero-order valence-corrected chi connectivity index (χ0v) is 12.1. The van der Waals surface area contributed by atoms with E-state index in [1.54, 1.807) is 6.07 Å². The summed E-state index contributed by atoms with van der Waals surface area (Å²) in [5.74, 6) is 0.264. The van der Waals surface area contributed by atoms with Gasteiger partial charge in [-0.2, -0.15) is 0 Å². The molecule has 1 aromatic rings. The van der Waals surface area contributed by atoms with E-state index in [0.29, 0.717) is 11.4 Å². The van der Waals surface area contributed by atoms with E-state index in [-0.39, 0.29) is 30.1 Å². The van der Waals surface area contributed by atoms with Crippen molar-refractivity contribution in [2.45, 2.75) is 30.7 Å². The van der Waals surface area contributed by atoms with Gasteiger partial charge in [0.25, 0.3) is 0 Å². The summed E-state index contributed by atoms with van der Waals surface area (Å²) >= 11 is 1.48. The predicted molar refractivity (Wildman–Crippen MR) is 75.9 cm³/mol. The highest BCUT2D eigenvalue weighted by molar-refractivity contribution is 7.99. The lowest BCUT2D eigenvalue weighted by Gasteiger charge is -2.26. The first-order valence-corrected chi connectivity index (χ1v) is 7.51. The molecule has 6 heteroatoms. The topological polar surface area (TPSA) is 58.2 Å². The first kappa shape index (κ1) is 14.8. The third-order valence-corrected chi connectivity index (χ3v) is 4.25. The van der Waals surface area contributed by atoms with E-state index >= 15 is 0 Å². The summed E-state index contributed by atoms with van der Waals surface area (Å²) in [4.78, 5) is 23.2. The van der Waals surface area contributed by atoms with Crippen LogP contribution >= 0.6 is 11.8 Å². The molecule has 1 heterocycles. The van der Waals surface area contributed by atoms with Crippen LogP contribution < -0.4 is 10.6 Å². The number of halogens is 1. The van der Waals surface area contributed by atoms with Crippen LogP contribution in [0, 0.1) is 5.82 Å². The second-order valence-corrected chi connectivity index (χ2v) is 5.75. The number of hydrogen-bond donors (Lipinski definition) is 2. The van der Waals surface area contributed by atoms with Crippen molar-refractivity contribution in [2.75, 3.05) is 12.3 Å². The molecular formula is C14H17FN2O2S. The molecular weight excluding hydrogens is 279 g/mol. The number of rotatable bonds is 4. The lowest BCUT2D eigenvalue weighted by molar-refractivity contribution is -0.122. The van der Waals surface area contributed by atoms with E-state index in [9.17, 15) is 14.0 Å². The third kappa shape index (κ3) is 3.72. The number of hydrogen-bond acceptors (Lipinski definition) is 3. The minimum Gasteiger partial charge on any atom is -0.356 e. The summed E-state index contributed by atoms with van der Waals surface area (Å²) in [6.45, 7) is 1.73. The normalized spacial score (nSPS) is 17.2. The Bertz CT molecular complexity index is 522. The van der Waals surface area contributed by atoms with Gasteiger partial charge in [0.2, 0.25) is 11.8 Å². The van der Waals surface area contributed by atoms with Crippen LogP contribution in [0.2, 0.25) is 0 Å². The van der Waals surface area contributed by atoms with Gasteiger partial charge in [-0.3, -0.25) is 9.59 Å². The van der Waals surface area contributed by atoms with Gasteiger partial charge < -0.3 is 10.6 Å². The highest BCUT2D eigenvalue weighted by atomic mass is 32.2. The van der Waals surface area contributed by atoms with E-state index in [0.717, 1.165) is 17.7 Å². The van der Waals surface area contributed by atoms with Crippen LogP contribution in [0.3, 0.4) is 0 Å². The van der Waals surface area contributed by atoms with Gasteiger partial charge in [0, 0.05) is 30.5 Å². The molecule has 0 spiro atoms. The van der Waals surface area contributed by atoms with Crippen molar-refractivity contribution in [1.29, 1.82) is 0 Å². The maximum absolute atomic E-state index is 13.7. The Morgan fingerprint density at radius 1 is 1.45 bits per heavy atom. The third-order valence-electron chi connectivity index (χ3n) is 3.09. The molecule has 0 fully saturated rings. The van der Waals surface area contributed by atoms with Gasteiger partial charge in [-0.25, -0.2) is 4.39 Å². The zero-order valence-electron chi connectivity index (χ0n) is 11.2. The van der Waals surface area contributed by atoms with E-state index in [2.05, 4.69) is 10.6 Å². The molecule has 2 rings (SSSR count). The fraction of sp³-hybridized carbons (Fsp3) is 0.429. The predicted octanol–water partition coefficient (Wildman–Crippen LogP) is 2.00. The Hall–Kier alpha value is -1.56. The quantitative estimate of drug-likeness (QED) is 0.893. The molecule has 0 radical (unpaired) electrons. The highest BCUT2D eigenvalue weighted by Crippen LogP contribution is 2.37. The summed E-state index contributed by atoms with van der Waals surface area (Å²) in [6.07, 6.45) is 1.01. The number of amides is 2. The molecule has 1 aliphatic heterocycles. The first-order chi connectivity index (χ1) is 9.58. The number of nitrogens with one attached hydrogen (secondary N) is 2.